The van der Waals surface area contributed by atoms with E-state index in [4.69, 9.17) is 9.47 Å². The van der Waals surface area contributed by atoms with E-state index in [1.807, 2.05) is 0 Å². The van der Waals surface area contributed by atoms with Crippen LogP contribution in [-0.2, 0) is 0 Å². The third kappa shape index (κ3) is 2.07. The Morgan fingerprint density at radius 3 is 2.60 bits per heavy atom. The van der Waals surface area contributed by atoms with Crippen molar-refractivity contribution in [1.82, 2.24) is 10.2 Å². The lowest BCUT2D eigenvalue weighted by Crippen LogP contribution is -2.16. The zero-order valence-corrected chi connectivity index (χ0v) is 12.6. The van der Waals surface area contributed by atoms with Gasteiger partial charge in [0.25, 0.3) is 0 Å². The fraction of sp³-hybridized carbons (Fsp3) is 0.0588. The smallest absolute Gasteiger partial charge is 0.231 e. The van der Waals surface area contributed by atoms with Crippen LogP contribution in [0.2, 0.25) is 0 Å². The minimum Gasteiger partial charge on any atom is -0.454 e. The van der Waals surface area contributed by atoms with E-state index in [1.165, 1.54) is 24.4 Å². The Morgan fingerprint density at radius 2 is 1.80 bits per heavy atom. The molecule has 124 valence electrons. The highest BCUT2D eigenvalue weighted by atomic mass is 19.1. The predicted molar refractivity (Wildman–Crippen MR) is 86.3 cm³/mol. The van der Waals surface area contributed by atoms with E-state index >= 15 is 0 Å². The molecule has 0 radical (unpaired) electrons. The number of hydrogen-bond acceptors (Lipinski definition) is 5. The number of halogens is 2. The molecular formula is C17H10F2N4O2. The summed E-state index contributed by atoms with van der Waals surface area (Å²) in [6.07, 6.45) is 1.53. The summed E-state index contributed by atoms with van der Waals surface area (Å²) in [4.78, 5) is 4.44. The topological polar surface area (TPSA) is 71.5 Å². The summed E-state index contributed by atoms with van der Waals surface area (Å²) in [6.45, 7) is 0.116. The summed E-state index contributed by atoms with van der Waals surface area (Å²) in [7, 11) is 0. The van der Waals surface area contributed by atoms with Gasteiger partial charge in [0.2, 0.25) is 6.79 Å². The largest absolute Gasteiger partial charge is 0.454 e. The molecule has 0 amide bonds. The van der Waals surface area contributed by atoms with Crippen LogP contribution in [0.3, 0.4) is 0 Å². The first-order valence-electron chi connectivity index (χ1n) is 7.48. The molecule has 0 spiro atoms. The van der Waals surface area contributed by atoms with Gasteiger partial charge in [-0.25, -0.2) is 13.8 Å². The standard InChI is InChI=1S/C17H10F2N4O2/c18-9-2-1-3-10(19)15(9)17-21-11-5-14-13(24-7-25-14)4-8(11)16-12(22-17)6-20-23-16/h1-6H,7H2,(H,20,23)(H,21,22). The molecule has 0 aliphatic carbocycles. The lowest BCUT2D eigenvalue weighted by Gasteiger charge is -2.09. The average Bonchev–Trinajstić information content (AvgIpc) is 3.19. The second-order valence-electron chi connectivity index (χ2n) is 5.56. The molecule has 0 atom stereocenters. The molecule has 2 N–H and O–H groups in total. The van der Waals surface area contributed by atoms with Crippen molar-refractivity contribution in [3.8, 4) is 22.8 Å². The lowest BCUT2D eigenvalue weighted by atomic mass is 10.1. The lowest BCUT2D eigenvalue weighted by molar-refractivity contribution is 0.174. The molecule has 6 nitrogen and oxygen atoms in total. The molecule has 3 aromatic rings. The molecule has 8 heteroatoms. The van der Waals surface area contributed by atoms with Crippen LogP contribution in [0.4, 0.5) is 20.2 Å². The zero-order chi connectivity index (χ0) is 17.0. The van der Waals surface area contributed by atoms with Gasteiger partial charge < -0.3 is 14.8 Å². The van der Waals surface area contributed by atoms with E-state index in [0.717, 1.165) is 0 Å². The van der Waals surface area contributed by atoms with Crippen LogP contribution in [0.5, 0.6) is 11.5 Å². The first-order chi connectivity index (χ1) is 12.2. The predicted octanol–water partition coefficient (Wildman–Crippen LogP) is 3.59. The number of ether oxygens (including phenoxy) is 2. The van der Waals surface area contributed by atoms with Crippen LogP contribution in [-0.4, -0.2) is 22.8 Å². The summed E-state index contributed by atoms with van der Waals surface area (Å²) < 4.78 is 39.3. The van der Waals surface area contributed by atoms with Gasteiger partial charge in [0.1, 0.15) is 17.5 Å². The number of H-pyrrole nitrogens is 1. The highest BCUT2D eigenvalue weighted by Gasteiger charge is 2.26. The zero-order valence-electron chi connectivity index (χ0n) is 12.6. The molecule has 0 fully saturated rings. The maximum absolute atomic E-state index is 14.2. The van der Waals surface area contributed by atoms with Gasteiger partial charge in [-0.1, -0.05) is 6.07 Å². The van der Waals surface area contributed by atoms with Gasteiger partial charge in [-0.15, -0.1) is 0 Å². The summed E-state index contributed by atoms with van der Waals surface area (Å²) in [5, 5.41) is 9.84. The van der Waals surface area contributed by atoms with Gasteiger partial charge in [-0.3, -0.25) is 5.10 Å². The Hall–Kier alpha value is -3.42. The molecule has 5 rings (SSSR count). The van der Waals surface area contributed by atoms with Crippen molar-refractivity contribution in [2.24, 2.45) is 4.99 Å². The van der Waals surface area contributed by atoms with Gasteiger partial charge in [0, 0.05) is 11.6 Å². The maximum Gasteiger partial charge on any atom is 0.231 e. The number of aliphatic imine (C=N–C) groups is 1. The van der Waals surface area contributed by atoms with E-state index in [1.54, 1.807) is 12.1 Å². The summed E-state index contributed by atoms with van der Waals surface area (Å²) >= 11 is 0. The number of rotatable bonds is 1. The Kier molecular flexibility index (Phi) is 2.81. The number of nitrogens with one attached hydrogen (secondary N) is 2. The second kappa shape index (κ2) is 5.04. The van der Waals surface area contributed by atoms with Gasteiger partial charge in [0.15, 0.2) is 11.5 Å². The molecule has 0 saturated heterocycles. The Labute approximate surface area is 140 Å². The normalized spacial score (nSPS) is 14.2. The van der Waals surface area contributed by atoms with Gasteiger partial charge in [-0.05, 0) is 18.2 Å². The van der Waals surface area contributed by atoms with E-state index in [9.17, 15) is 8.78 Å². The Bertz CT molecular complexity index is 1020. The number of nitrogens with zero attached hydrogens (tertiary/aromatic N) is 2. The van der Waals surface area contributed by atoms with Crippen molar-refractivity contribution in [2.75, 3.05) is 12.1 Å². The first kappa shape index (κ1) is 14.0. The molecule has 0 unspecified atom stereocenters. The second-order valence-corrected chi connectivity index (χ2v) is 5.56. The molecule has 0 saturated carbocycles. The van der Waals surface area contributed by atoms with E-state index < -0.39 is 11.6 Å². The molecule has 2 aromatic carbocycles. The van der Waals surface area contributed by atoms with E-state index in [2.05, 4.69) is 20.5 Å². The number of hydrogen-bond donors (Lipinski definition) is 2. The van der Waals surface area contributed by atoms with Crippen LogP contribution >= 0.6 is 0 Å². The quantitative estimate of drug-likeness (QED) is 0.710. The average molecular weight is 340 g/mol. The third-order valence-electron chi connectivity index (χ3n) is 4.08. The number of benzene rings is 2. The third-order valence-corrected chi connectivity index (χ3v) is 4.08. The van der Waals surface area contributed by atoms with E-state index in [-0.39, 0.29) is 18.2 Å². The van der Waals surface area contributed by atoms with E-state index in [0.29, 0.717) is 34.1 Å². The monoisotopic (exact) mass is 340 g/mol. The number of anilines is 1. The van der Waals surface area contributed by atoms with Crippen molar-refractivity contribution in [1.29, 1.82) is 0 Å². The highest BCUT2D eigenvalue weighted by molar-refractivity contribution is 6.13. The van der Waals surface area contributed by atoms with Crippen molar-refractivity contribution in [2.45, 2.75) is 0 Å². The SMILES string of the molecule is Fc1cccc(F)c1C1=Nc2cc3c(cc2-c2[nH]ncc2N1)OCO3. The van der Waals surface area contributed by atoms with Gasteiger partial charge in [0.05, 0.1) is 28.8 Å². The fourth-order valence-electron chi connectivity index (χ4n) is 2.93. The summed E-state index contributed by atoms with van der Waals surface area (Å²) in [5.41, 5.74) is 2.14. The molecular weight excluding hydrogens is 330 g/mol. The number of aromatic nitrogens is 2. The molecule has 25 heavy (non-hydrogen) atoms. The van der Waals surface area contributed by atoms with Crippen LogP contribution in [0.1, 0.15) is 5.56 Å². The highest BCUT2D eigenvalue weighted by Crippen LogP contribution is 2.45. The van der Waals surface area contributed by atoms with Gasteiger partial charge >= 0.3 is 0 Å². The van der Waals surface area contributed by atoms with Crippen LogP contribution in [0.15, 0.2) is 41.5 Å². The summed E-state index contributed by atoms with van der Waals surface area (Å²) in [6, 6.07) is 7.12. The number of aromatic amines is 1. The van der Waals surface area contributed by atoms with Crippen LogP contribution < -0.4 is 14.8 Å². The molecule has 1 aromatic heterocycles. The number of amidine groups is 1. The van der Waals surface area contributed by atoms with Crippen molar-refractivity contribution < 1.29 is 18.3 Å². The molecule has 0 bridgehead atoms. The fourth-order valence-corrected chi connectivity index (χ4v) is 2.93. The Morgan fingerprint density at radius 1 is 1.04 bits per heavy atom. The molecule has 3 heterocycles. The first-order valence-corrected chi connectivity index (χ1v) is 7.48. The number of fused-ring (bicyclic) bond motifs is 4. The van der Waals surface area contributed by atoms with Crippen molar-refractivity contribution in [3.05, 3.63) is 53.7 Å². The maximum atomic E-state index is 14.2. The minimum absolute atomic E-state index is 0.0517. The van der Waals surface area contributed by atoms with Crippen molar-refractivity contribution in [3.63, 3.8) is 0 Å². The van der Waals surface area contributed by atoms with Crippen LogP contribution in [0, 0.1) is 11.6 Å². The Balaban J connectivity index is 1.78. The molecule has 2 aliphatic rings. The van der Waals surface area contributed by atoms with Gasteiger partial charge in [-0.2, -0.15) is 5.10 Å². The minimum atomic E-state index is -0.708. The molecule has 2 aliphatic heterocycles. The van der Waals surface area contributed by atoms with Crippen LogP contribution in [0.25, 0.3) is 11.3 Å². The summed E-state index contributed by atoms with van der Waals surface area (Å²) in [5.74, 6) is -0.259. The van der Waals surface area contributed by atoms with Crippen molar-refractivity contribution >= 4 is 17.2 Å².